The normalized spacial score (nSPS) is 27.1. The van der Waals surface area contributed by atoms with E-state index in [2.05, 4.69) is 5.32 Å². The van der Waals surface area contributed by atoms with Crippen molar-refractivity contribution in [3.63, 3.8) is 0 Å². The van der Waals surface area contributed by atoms with Crippen molar-refractivity contribution in [2.24, 2.45) is 5.92 Å². The van der Waals surface area contributed by atoms with E-state index in [1.165, 1.54) is 0 Å². The molecule has 2 rings (SSSR count). The first-order chi connectivity index (χ1) is 7.86. The zero-order valence-corrected chi connectivity index (χ0v) is 9.74. The molecule has 0 bridgehead atoms. The lowest BCUT2D eigenvalue weighted by Gasteiger charge is -2.22. The summed E-state index contributed by atoms with van der Waals surface area (Å²) in [6.45, 7) is 4.02. The van der Waals surface area contributed by atoms with Crippen LogP contribution in [-0.2, 0) is 14.3 Å². The van der Waals surface area contributed by atoms with Gasteiger partial charge in [0.1, 0.15) is 5.78 Å². The van der Waals surface area contributed by atoms with Crippen molar-refractivity contribution in [3.8, 4) is 0 Å². The van der Waals surface area contributed by atoms with Crippen molar-refractivity contribution in [1.82, 2.24) is 5.32 Å². The van der Waals surface area contributed by atoms with Crippen LogP contribution in [0.5, 0.6) is 0 Å². The molecule has 0 amide bonds. The zero-order chi connectivity index (χ0) is 11.2. The van der Waals surface area contributed by atoms with E-state index in [9.17, 15) is 4.79 Å². The number of carbonyl (C=O) groups is 1. The standard InChI is InChI=1S/C12H21NO3/c14-12(10-3-7-15-9-10)4-8-16-11-1-5-13-6-2-11/h10-11,13H,1-9H2. The van der Waals surface area contributed by atoms with Crippen molar-refractivity contribution in [1.29, 1.82) is 0 Å². The van der Waals surface area contributed by atoms with Gasteiger partial charge in [-0.05, 0) is 32.4 Å². The molecule has 0 aromatic carbocycles. The van der Waals surface area contributed by atoms with Crippen LogP contribution in [-0.4, -0.2) is 44.8 Å². The predicted molar refractivity (Wildman–Crippen MR) is 60.4 cm³/mol. The number of rotatable bonds is 5. The van der Waals surface area contributed by atoms with E-state index >= 15 is 0 Å². The molecule has 0 aromatic heterocycles. The Morgan fingerprint density at radius 1 is 1.31 bits per heavy atom. The van der Waals surface area contributed by atoms with Crippen molar-refractivity contribution in [2.75, 3.05) is 32.9 Å². The number of ether oxygens (including phenoxy) is 2. The summed E-state index contributed by atoms with van der Waals surface area (Å²) < 4.78 is 10.9. The maximum atomic E-state index is 11.7. The van der Waals surface area contributed by atoms with Crippen molar-refractivity contribution in [2.45, 2.75) is 31.8 Å². The molecular weight excluding hydrogens is 206 g/mol. The van der Waals surface area contributed by atoms with Crippen molar-refractivity contribution < 1.29 is 14.3 Å². The van der Waals surface area contributed by atoms with Gasteiger partial charge in [0.05, 0.1) is 19.3 Å². The molecule has 0 aliphatic carbocycles. The van der Waals surface area contributed by atoms with Crippen LogP contribution < -0.4 is 5.32 Å². The number of Topliss-reactive ketones (excluding diaryl/α,β-unsaturated/α-hetero) is 1. The molecule has 92 valence electrons. The highest BCUT2D eigenvalue weighted by Crippen LogP contribution is 2.15. The summed E-state index contributed by atoms with van der Waals surface area (Å²) in [5, 5.41) is 3.30. The second-order valence-electron chi connectivity index (χ2n) is 4.60. The lowest BCUT2D eigenvalue weighted by molar-refractivity contribution is -0.124. The van der Waals surface area contributed by atoms with Gasteiger partial charge in [-0.3, -0.25) is 4.79 Å². The number of ketones is 1. The zero-order valence-electron chi connectivity index (χ0n) is 9.74. The van der Waals surface area contributed by atoms with E-state index in [4.69, 9.17) is 9.47 Å². The molecule has 4 heteroatoms. The molecule has 0 aromatic rings. The minimum Gasteiger partial charge on any atom is -0.381 e. The fourth-order valence-electron chi connectivity index (χ4n) is 2.28. The highest BCUT2D eigenvalue weighted by Gasteiger charge is 2.23. The van der Waals surface area contributed by atoms with Gasteiger partial charge in [-0.25, -0.2) is 0 Å². The highest BCUT2D eigenvalue weighted by molar-refractivity contribution is 5.81. The Kier molecular flexibility index (Phi) is 4.75. The first-order valence-electron chi connectivity index (χ1n) is 6.29. The van der Waals surface area contributed by atoms with Crippen LogP contribution in [0.25, 0.3) is 0 Å². The summed E-state index contributed by atoms with van der Waals surface area (Å²) >= 11 is 0. The number of piperidine rings is 1. The summed E-state index contributed by atoms with van der Waals surface area (Å²) in [7, 11) is 0. The quantitative estimate of drug-likeness (QED) is 0.753. The summed E-state index contributed by atoms with van der Waals surface area (Å²) in [5.74, 6) is 0.447. The van der Waals surface area contributed by atoms with E-state index in [-0.39, 0.29) is 5.92 Å². The Bertz CT molecular complexity index is 220. The van der Waals surface area contributed by atoms with Crippen LogP contribution >= 0.6 is 0 Å². The van der Waals surface area contributed by atoms with E-state index in [1.54, 1.807) is 0 Å². The summed E-state index contributed by atoms with van der Waals surface area (Å²) in [4.78, 5) is 11.7. The minimum absolute atomic E-state index is 0.136. The Hall–Kier alpha value is -0.450. The fourth-order valence-corrected chi connectivity index (χ4v) is 2.28. The molecule has 4 nitrogen and oxygen atoms in total. The molecule has 2 aliphatic heterocycles. The second kappa shape index (κ2) is 6.33. The SMILES string of the molecule is O=C(CCOC1CCNCC1)C1CCOC1. The molecule has 1 N–H and O–H groups in total. The first-order valence-corrected chi connectivity index (χ1v) is 6.29. The number of nitrogens with one attached hydrogen (secondary N) is 1. The third kappa shape index (κ3) is 3.54. The van der Waals surface area contributed by atoms with E-state index in [0.717, 1.165) is 39.0 Å². The Labute approximate surface area is 96.7 Å². The Morgan fingerprint density at radius 2 is 2.12 bits per heavy atom. The molecule has 16 heavy (non-hydrogen) atoms. The van der Waals surface area contributed by atoms with Gasteiger partial charge in [0.25, 0.3) is 0 Å². The van der Waals surface area contributed by atoms with Gasteiger partial charge < -0.3 is 14.8 Å². The van der Waals surface area contributed by atoms with Crippen LogP contribution in [0.3, 0.4) is 0 Å². The van der Waals surface area contributed by atoms with Gasteiger partial charge in [0.15, 0.2) is 0 Å². The van der Waals surface area contributed by atoms with Crippen LogP contribution in [0.4, 0.5) is 0 Å². The van der Waals surface area contributed by atoms with Crippen LogP contribution in [0.2, 0.25) is 0 Å². The van der Waals surface area contributed by atoms with Gasteiger partial charge in [-0.1, -0.05) is 0 Å². The van der Waals surface area contributed by atoms with Crippen LogP contribution in [0, 0.1) is 5.92 Å². The molecule has 2 heterocycles. The smallest absolute Gasteiger partial charge is 0.140 e. The lowest BCUT2D eigenvalue weighted by atomic mass is 10.0. The lowest BCUT2D eigenvalue weighted by Crippen LogP contribution is -2.33. The summed E-state index contributed by atoms with van der Waals surface area (Å²) in [6, 6.07) is 0. The fraction of sp³-hybridized carbons (Fsp3) is 0.917. The van der Waals surface area contributed by atoms with Gasteiger partial charge >= 0.3 is 0 Å². The minimum atomic E-state index is 0.136. The second-order valence-corrected chi connectivity index (χ2v) is 4.60. The monoisotopic (exact) mass is 227 g/mol. The average molecular weight is 227 g/mol. The van der Waals surface area contributed by atoms with Gasteiger partial charge in [-0.2, -0.15) is 0 Å². The van der Waals surface area contributed by atoms with Crippen molar-refractivity contribution in [3.05, 3.63) is 0 Å². The predicted octanol–water partition coefficient (Wildman–Crippen LogP) is 0.751. The molecule has 2 fully saturated rings. The highest BCUT2D eigenvalue weighted by atomic mass is 16.5. The molecule has 2 aliphatic rings. The number of hydrogen-bond acceptors (Lipinski definition) is 4. The third-order valence-corrected chi connectivity index (χ3v) is 3.37. The van der Waals surface area contributed by atoms with E-state index in [1.807, 2.05) is 0 Å². The van der Waals surface area contributed by atoms with Crippen LogP contribution in [0.1, 0.15) is 25.7 Å². The summed E-state index contributed by atoms with van der Waals surface area (Å²) in [5.41, 5.74) is 0. The molecular formula is C12H21NO3. The topological polar surface area (TPSA) is 47.6 Å². The van der Waals surface area contributed by atoms with Gasteiger partial charge in [0.2, 0.25) is 0 Å². The number of carbonyl (C=O) groups excluding carboxylic acids is 1. The Balaban J connectivity index is 1.57. The largest absolute Gasteiger partial charge is 0.381 e. The van der Waals surface area contributed by atoms with Crippen molar-refractivity contribution >= 4 is 5.78 Å². The Morgan fingerprint density at radius 3 is 2.81 bits per heavy atom. The van der Waals surface area contributed by atoms with E-state index in [0.29, 0.717) is 31.5 Å². The molecule has 0 spiro atoms. The molecule has 2 saturated heterocycles. The van der Waals surface area contributed by atoms with Gasteiger partial charge in [-0.15, -0.1) is 0 Å². The number of hydrogen-bond donors (Lipinski definition) is 1. The molecule has 0 radical (unpaired) electrons. The maximum absolute atomic E-state index is 11.7. The van der Waals surface area contributed by atoms with Gasteiger partial charge in [0, 0.05) is 18.9 Å². The van der Waals surface area contributed by atoms with Crippen LogP contribution in [0.15, 0.2) is 0 Å². The molecule has 0 saturated carbocycles. The summed E-state index contributed by atoms with van der Waals surface area (Å²) in [6.07, 6.45) is 3.94. The van der Waals surface area contributed by atoms with E-state index < -0.39 is 0 Å². The maximum Gasteiger partial charge on any atom is 0.140 e. The average Bonchev–Trinajstić information content (AvgIpc) is 2.84. The third-order valence-electron chi connectivity index (χ3n) is 3.37. The molecule has 1 atom stereocenters. The first kappa shape index (κ1) is 12.0. The molecule has 1 unspecified atom stereocenters.